The molecule has 3 rings (SSSR count). The van der Waals surface area contributed by atoms with Crippen LogP contribution in [0.5, 0.6) is 0 Å². The van der Waals surface area contributed by atoms with Crippen molar-refractivity contribution >= 4 is 17.9 Å². The van der Waals surface area contributed by atoms with Crippen LogP contribution in [0.15, 0.2) is 73.3 Å². The van der Waals surface area contributed by atoms with Crippen molar-refractivity contribution in [2.24, 2.45) is 5.41 Å². The van der Waals surface area contributed by atoms with Crippen LogP contribution in [-0.2, 0) is 4.57 Å². The van der Waals surface area contributed by atoms with Crippen molar-refractivity contribution in [2.75, 3.05) is 0 Å². The molecule has 0 aliphatic carbocycles. The first-order valence-electron chi connectivity index (χ1n) is 8.03. The van der Waals surface area contributed by atoms with Gasteiger partial charge in [-0.1, -0.05) is 63.2 Å². The molecule has 120 valence electrons. The highest BCUT2D eigenvalue weighted by Crippen LogP contribution is 2.62. The van der Waals surface area contributed by atoms with Crippen LogP contribution in [0.2, 0.25) is 0 Å². The van der Waals surface area contributed by atoms with Crippen LogP contribution in [0.4, 0.5) is 0 Å². The van der Waals surface area contributed by atoms with E-state index in [9.17, 15) is 4.57 Å². The molecule has 3 heteroatoms. The first kappa shape index (κ1) is 16.2. The van der Waals surface area contributed by atoms with Gasteiger partial charge in [0.2, 0.25) is 7.29 Å². The van der Waals surface area contributed by atoms with E-state index >= 15 is 0 Å². The van der Waals surface area contributed by atoms with Crippen LogP contribution in [0.3, 0.4) is 0 Å². The van der Waals surface area contributed by atoms with E-state index in [0.717, 1.165) is 10.6 Å². The monoisotopic (exact) mass is 325 g/mol. The first-order chi connectivity index (χ1) is 10.9. The maximum Gasteiger partial charge on any atom is 0.208 e. The lowest BCUT2D eigenvalue weighted by Crippen LogP contribution is -2.26. The van der Waals surface area contributed by atoms with Crippen LogP contribution in [0, 0.1) is 5.41 Å². The molecule has 0 aromatic heterocycles. The third-order valence-corrected chi connectivity index (χ3v) is 7.65. The maximum absolute atomic E-state index is 14.3. The van der Waals surface area contributed by atoms with Crippen molar-refractivity contribution < 1.29 is 4.57 Å². The number of hydrogen-bond acceptors (Lipinski definition) is 1. The van der Waals surface area contributed by atoms with Crippen molar-refractivity contribution in [1.82, 2.24) is 4.67 Å². The van der Waals surface area contributed by atoms with Gasteiger partial charge < -0.3 is 0 Å². The molecule has 3 atom stereocenters. The van der Waals surface area contributed by atoms with E-state index in [0.29, 0.717) is 0 Å². The Morgan fingerprint density at radius 1 is 0.957 bits per heavy atom. The highest BCUT2D eigenvalue weighted by Gasteiger charge is 2.60. The number of hydrogen-bond donors (Lipinski definition) is 0. The van der Waals surface area contributed by atoms with E-state index in [1.807, 2.05) is 66.7 Å². The highest BCUT2D eigenvalue weighted by molar-refractivity contribution is 7.76. The summed E-state index contributed by atoms with van der Waals surface area (Å²) in [4.78, 5) is 0. The Labute approximate surface area is 139 Å². The molecular formula is C20H24NOP. The van der Waals surface area contributed by atoms with Gasteiger partial charge in [-0.25, -0.2) is 4.67 Å². The average molecular weight is 325 g/mol. The van der Waals surface area contributed by atoms with E-state index in [1.165, 1.54) is 0 Å². The third kappa shape index (κ3) is 2.71. The molecule has 0 N–H and O–H groups in total. The largest absolute Gasteiger partial charge is 0.296 e. The van der Waals surface area contributed by atoms with Gasteiger partial charge in [-0.2, -0.15) is 0 Å². The minimum absolute atomic E-state index is 0.0536. The lowest BCUT2D eigenvalue weighted by atomic mass is 9.90. The summed E-state index contributed by atoms with van der Waals surface area (Å²) < 4.78 is 16.5. The van der Waals surface area contributed by atoms with E-state index in [-0.39, 0.29) is 17.5 Å². The fourth-order valence-corrected chi connectivity index (χ4v) is 6.78. The van der Waals surface area contributed by atoms with Crippen molar-refractivity contribution in [3.63, 3.8) is 0 Å². The zero-order valence-electron chi connectivity index (χ0n) is 14.0. The van der Waals surface area contributed by atoms with Gasteiger partial charge in [0.05, 0.1) is 6.04 Å². The minimum atomic E-state index is -2.85. The molecule has 0 amide bonds. The second kappa shape index (κ2) is 5.78. The summed E-state index contributed by atoms with van der Waals surface area (Å²) in [6.45, 7) is 10.6. The van der Waals surface area contributed by atoms with Gasteiger partial charge in [-0.3, -0.25) is 4.57 Å². The van der Waals surface area contributed by atoms with Crippen molar-refractivity contribution in [3.05, 3.63) is 73.3 Å². The molecule has 23 heavy (non-hydrogen) atoms. The van der Waals surface area contributed by atoms with Gasteiger partial charge in [0.1, 0.15) is 0 Å². The Morgan fingerprint density at radius 3 is 1.70 bits per heavy atom. The maximum atomic E-state index is 14.3. The Kier molecular flexibility index (Phi) is 4.08. The molecule has 0 bridgehead atoms. The number of benzene rings is 2. The molecule has 2 aromatic carbocycles. The molecule has 0 radical (unpaired) electrons. The molecule has 2 nitrogen and oxygen atoms in total. The predicted molar refractivity (Wildman–Crippen MR) is 98.8 cm³/mol. The molecule has 1 aliphatic heterocycles. The van der Waals surface area contributed by atoms with Crippen LogP contribution >= 0.6 is 7.29 Å². The number of nitrogens with zero attached hydrogens (tertiary/aromatic N) is 1. The fraction of sp³-hybridized carbons (Fsp3) is 0.300. The normalized spacial score (nSPS) is 24.2. The lowest BCUT2D eigenvalue weighted by Gasteiger charge is -2.25. The Bertz CT molecular complexity index is 690. The summed E-state index contributed by atoms with van der Waals surface area (Å²) in [7, 11) is -2.85. The standard InChI is InChI=1S/C20H24NOP/c1-5-18-19(20(2,3)4)21(18)23(22,16-12-8-6-9-13-16)17-14-10-7-11-15-17/h5-15,18-19H,1H2,2-4H3/t18-,19-,21?/m0/s1. The van der Waals surface area contributed by atoms with Crippen LogP contribution in [0.25, 0.3) is 0 Å². The quantitative estimate of drug-likeness (QED) is 0.477. The van der Waals surface area contributed by atoms with E-state index < -0.39 is 7.29 Å². The lowest BCUT2D eigenvalue weighted by molar-refractivity contribution is 0.371. The van der Waals surface area contributed by atoms with Crippen LogP contribution in [-0.4, -0.2) is 16.8 Å². The second-order valence-corrected chi connectivity index (χ2v) is 9.81. The first-order valence-corrected chi connectivity index (χ1v) is 9.69. The van der Waals surface area contributed by atoms with E-state index in [2.05, 4.69) is 32.0 Å². The zero-order valence-corrected chi connectivity index (χ0v) is 14.9. The molecule has 0 saturated carbocycles. The summed E-state index contributed by atoms with van der Waals surface area (Å²) in [5.74, 6) is 0. The molecule has 1 heterocycles. The highest BCUT2D eigenvalue weighted by atomic mass is 31.2. The summed E-state index contributed by atoms with van der Waals surface area (Å²) in [6.07, 6.45) is 1.94. The SMILES string of the molecule is C=C[C@H]1[C@@H](C(C)(C)C)N1P(=O)(c1ccccc1)c1ccccc1. The molecule has 1 fully saturated rings. The average Bonchev–Trinajstić information content (AvgIpc) is 3.31. The second-order valence-electron chi connectivity index (χ2n) is 7.16. The molecule has 2 aromatic rings. The fourth-order valence-electron chi connectivity index (χ4n) is 3.42. The summed E-state index contributed by atoms with van der Waals surface area (Å²) >= 11 is 0. The van der Waals surface area contributed by atoms with E-state index in [4.69, 9.17) is 0 Å². The third-order valence-electron chi connectivity index (χ3n) is 4.49. The Morgan fingerprint density at radius 2 is 1.39 bits per heavy atom. The molecule has 0 spiro atoms. The summed E-state index contributed by atoms with van der Waals surface area (Å²) in [5, 5.41) is 1.79. The topological polar surface area (TPSA) is 20.1 Å². The van der Waals surface area contributed by atoms with Gasteiger partial charge in [-0.05, 0) is 29.7 Å². The Hall–Kier alpha value is -1.63. The van der Waals surface area contributed by atoms with E-state index in [1.54, 1.807) is 0 Å². The van der Waals surface area contributed by atoms with Crippen molar-refractivity contribution in [3.8, 4) is 0 Å². The van der Waals surface area contributed by atoms with Gasteiger partial charge >= 0.3 is 0 Å². The van der Waals surface area contributed by atoms with Gasteiger partial charge in [0.25, 0.3) is 0 Å². The smallest absolute Gasteiger partial charge is 0.208 e. The minimum Gasteiger partial charge on any atom is -0.296 e. The molecule has 1 saturated heterocycles. The summed E-state index contributed by atoms with van der Waals surface area (Å²) in [6, 6.07) is 20.1. The van der Waals surface area contributed by atoms with Crippen molar-refractivity contribution in [2.45, 2.75) is 32.9 Å². The van der Waals surface area contributed by atoms with Gasteiger partial charge in [-0.15, -0.1) is 6.58 Å². The molecule has 1 unspecified atom stereocenters. The van der Waals surface area contributed by atoms with Crippen LogP contribution in [0.1, 0.15) is 20.8 Å². The zero-order chi connectivity index (χ0) is 16.7. The number of rotatable bonds is 4. The van der Waals surface area contributed by atoms with Crippen molar-refractivity contribution in [1.29, 1.82) is 0 Å². The predicted octanol–water partition coefficient (Wildman–Crippen LogP) is 4.20. The molecular weight excluding hydrogens is 301 g/mol. The summed E-state index contributed by atoms with van der Waals surface area (Å²) in [5.41, 5.74) is 0.0536. The Balaban J connectivity index is 2.15. The van der Waals surface area contributed by atoms with Gasteiger partial charge in [0.15, 0.2) is 0 Å². The van der Waals surface area contributed by atoms with Crippen LogP contribution < -0.4 is 10.6 Å². The molecule has 1 aliphatic rings. The van der Waals surface area contributed by atoms with Gasteiger partial charge in [0, 0.05) is 16.7 Å².